The second kappa shape index (κ2) is 10.3. The van der Waals surface area contributed by atoms with E-state index in [1.165, 1.54) is 0 Å². The zero-order chi connectivity index (χ0) is 22.2. The number of nitrogens with zero attached hydrogens (tertiary/aromatic N) is 4. The van der Waals surface area contributed by atoms with Crippen LogP contribution in [0.4, 0.5) is 11.4 Å². The molecule has 0 atom stereocenters. The Morgan fingerprint density at radius 2 is 1.09 bits per heavy atom. The van der Waals surface area contributed by atoms with E-state index < -0.39 is 0 Å². The van der Waals surface area contributed by atoms with Gasteiger partial charge in [0, 0.05) is 12.4 Å². The van der Waals surface area contributed by atoms with Crippen molar-refractivity contribution in [2.24, 2.45) is 9.98 Å². The van der Waals surface area contributed by atoms with Gasteiger partial charge < -0.3 is 10.2 Å². The van der Waals surface area contributed by atoms with Gasteiger partial charge in [0.25, 0.3) is 0 Å². The van der Waals surface area contributed by atoms with E-state index in [2.05, 4.69) is 20.0 Å². The average molecular weight is 422 g/mol. The second-order valence-electron chi connectivity index (χ2n) is 7.02. The van der Waals surface area contributed by atoms with Gasteiger partial charge in [-0.25, -0.2) is 0 Å². The highest BCUT2D eigenvalue weighted by Gasteiger charge is 2.11. The molecule has 0 amide bonds. The molecule has 0 bridgehead atoms. The Morgan fingerprint density at radius 1 is 0.625 bits per heavy atom. The van der Waals surface area contributed by atoms with Crippen LogP contribution < -0.4 is 0 Å². The van der Waals surface area contributed by atoms with Crippen molar-refractivity contribution >= 4 is 23.8 Å². The number of benzene rings is 2. The fourth-order valence-electron chi connectivity index (χ4n) is 3.29. The average Bonchev–Trinajstić information content (AvgIpc) is 2.87. The van der Waals surface area contributed by atoms with E-state index in [9.17, 15) is 10.2 Å². The quantitative estimate of drug-likeness (QED) is 0.425. The maximum atomic E-state index is 9.96. The van der Waals surface area contributed by atoms with Gasteiger partial charge in [0.15, 0.2) is 0 Å². The Bertz CT molecular complexity index is 1140. The number of aromatic nitrogens is 2. The number of rotatable bonds is 7. The van der Waals surface area contributed by atoms with Crippen LogP contribution in [0.1, 0.15) is 22.5 Å². The number of aliphatic hydroxyl groups excluding tert-OH is 2. The SMILES string of the molecule is OCc1cc(N=Cc2ccccn2)ccc1-c1ccc(N=Cc2ccccn2)cc1CO. The van der Waals surface area contributed by atoms with Crippen LogP contribution in [0.25, 0.3) is 11.1 Å². The van der Waals surface area contributed by atoms with Gasteiger partial charge in [0.2, 0.25) is 0 Å². The summed E-state index contributed by atoms with van der Waals surface area (Å²) in [6, 6.07) is 22.5. The first kappa shape index (κ1) is 21.2. The van der Waals surface area contributed by atoms with Crippen molar-refractivity contribution in [2.75, 3.05) is 0 Å². The van der Waals surface area contributed by atoms with E-state index in [1.807, 2.05) is 72.8 Å². The van der Waals surface area contributed by atoms with Gasteiger partial charge in [-0.05, 0) is 70.8 Å². The van der Waals surface area contributed by atoms with Crippen molar-refractivity contribution < 1.29 is 10.2 Å². The van der Waals surface area contributed by atoms with Crippen LogP contribution in [-0.2, 0) is 13.2 Å². The third-order valence-corrected chi connectivity index (χ3v) is 4.88. The Balaban J connectivity index is 1.62. The largest absolute Gasteiger partial charge is 0.392 e. The molecule has 6 nitrogen and oxygen atoms in total. The fraction of sp³-hybridized carbons (Fsp3) is 0.0769. The van der Waals surface area contributed by atoms with Crippen molar-refractivity contribution in [2.45, 2.75) is 13.2 Å². The smallest absolute Gasteiger partial charge is 0.0812 e. The molecule has 0 saturated heterocycles. The zero-order valence-corrected chi connectivity index (χ0v) is 17.3. The van der Waals surface area contributed by atoms with Crippen LogP contribution in [0, 0.1) is 0 Å². The Morgan fingerprint density at radius 3 is 1.47 bits per heavy atom. The van der Waals surface area contributed by atoms with Crippen molar-refractivity contribution in [3.63, 3.8) is 0 Å². The number of pyridine rings is 2. The molecule has 4 aromatic rings. The lowest BCUT2D eigenvalue weighted by molar-refractivity contribution is 0.280. The van der Waals surface area contributed by atoms with Crippen molar-refractivity contribution in [3.8, 4) is 11.1 Å². The molecule has 0 aliphatic carbocycles. The van der Waals surface area contributed by atoms with Crippen LogP contribution >= 0.6 is 0 Å². The van der Waals surface area contributed by atoms with Crippen LogP contribution in [0.5, 0.6) is 0 Å². The van der Waals surface area contributed by atoms with Crippen molar-refractivity contribution in [1.82, 2.24) is 9.97 Å². The van der Waals surface area contributed by atoms with Gasteiger partial charge in [0.1, 0.15) is 0 Å². The molecule has 0 fully saturated rings. The molecule has 4 rings (SSSR count). The summed E-state index contributed by atoms with van der Waals surface area (Å²) >= 11 is 0. The molecular weight excluding hydrogens is 400 g/mol. The number of aliphatic imine (C=N–C) groups is 2. The summed E-state index contributed by atoms with van der Waals surface area (Å²) in [4.78, 5) is 17.4. The minimum atomic E-state index is -0.146. The summed E-state index contributed by atoms with van der Waals surface area (Å²) in [6.07, 6.45) is 6.79. The number of hydrogen-bond donors (Lipinski definition) is 2. The summed E-state index contributed by atoms with van der Waals surface area (Å²) in [5, 5.41) is 19.9. The minimum Gasteiger partial charge on any atom is -0.392 e. The standard InChI is InChI=1S/C26H22N4O2/c31-17-19-13-21(29-15-23-5-1-3-11-27-23)7-9-25(19)26-10-8-22(14-20(26)18-32)30-16-24-6-2-4-12-28-24/h1-16,31-32H,17-18H2. The molecule has 0 unspecified atom stereocenters. The summed E-state index contributed by atoms with van der Waals surface area (Å²) in [7, 11) is 0. The van der Waals surface area contributed by atoms with Crippen LogP contribution in [0.2, 0.25) is 0 Å². The maximum Gasteiger partial charge on any atom is 0.0812 e. The minimum absolute atomic E-state index is 0.146. The van der Waals surface area contributed by atoms with Crippen molar-refractivity contribution in [3.05, 3.63) is 108 Å². The molecule has 2 heterocycles. The Hall–Kier alpha value is -4.00. The highest BCUT2D eigenvalue weighted by atomic mass is 16.3. The van der Waals surface area contributed by atoms with Gasteiger partial charge in [-0.3, -0.25) is 20.0 Å². The third kappa shape index (κ3) is 5.18. The zero-order valence-electron chi connectivity index (χ0n) is 17.3. The third-order valence-electron chi connectivity index (χ3n) is 4.88. The normalized spacial score (nSPS) is 11.4. The first-order valence-corrected chi connectivity index (χ1v) is 10.1. The van der Waals surface area contributed by atoms with E-state index >= 15 is 0 Å². The van der Waals surface area contributed by atoms with Gasteiger partial charge >= 0.3 is 0 Å². The van der Waals surface area contributed by atoms with Gasteiger partial charge in [-0.2, -0.15) is 0 Å². The lowest BCUT2D eigenvalue weighted by Gasteiger charge is -2.13. The lowest BCUT2D eigenvalue weighted by atomic mass is 9.95. The van der Waals surface area contributed by atoms with Gasteiger partial charge in [-0.1, -0.05) is 24.3 Å². The highest BCUT2D eigenvalue weighted by Crippen LogP contribution is 2.32. The summed E-state index contributed by atoms with van der Waals surface area (Å²) in [5.41, 5.74) is 6.07. The molecule has 2 aromatic carbocycles. The predicted molar refractivity (Wildman–Crippen MR) is 127 cm³/mol. The number of hydrogen-bond acceptors (Lipinski definition) is 6. The molecule has 0 aliphatic heterocycles. The van der Waals surface area contributed by atoms with Crippen LogP contribution in [-0.4, -0.2) is 32.6 Å². The fourth-order valence-corrected chi connectivity index (χ4v) is 3.29. The van der Waals surface area contributed by atoms with Gasteiger partial charge in [0.05, 0.1) is 48.4 Å². The van der Waals surface area contributed by atoms with Crippen LogP contribution in [0.3, 0.4) is 0 Å². The monoisotopic (exact) mass is 422 g/mol. The van der Waals surface area contributed by atoms with Crippen molar-refractivity contribution in [1.29, 1.82) is 0 Å². The molecule has 2 N–H and O–H groups in total. The Kier molecular flexibility index (Phi) is 6.87. The topological polar surface area (TPSA) is 91.0 Å². The molecule has 0 spiro atoms. The molecule has 6 heteroatoms. The highest BCUT2D eigenvalue weighted by molar-refractivity contribution is 5.82. The maximum absolute atomic E-state index is 9.96. The van der Waals surface area contributed by atoms with E-state index in [0.717, 1.165) is 33.6 Å². The molecule has 32 heavy (non-hydrogen) atoms. The summed E-state index contributed by atoms with van der Waals surface area (Å²) in [6.45, 7) is -0.292. The molecule has 158 valence electrons. The first-order valence-electron chi connectivity index (χ1n) is 10.1. The molecule has 0 saturated carbocycles. The molecule has 0 aliphatic rings. The molecule has 0 radical (unpaired) electrons. The van der Waals surface area contributed by atoms with Gasteiger partial charge in [-0.15, -0.1) is 0 Å². The van der Waals surface area contributed by atoms with E-state index in [1.54, 1.807) is 24.8 Å². The van der Waals surface area contributed by atoms with E-state index in [-0.39, 0.29) is 13.2 Å². The number of aliphatic hydroxyl groups is 2. The Labute approximate surface area is 186 Å². The van der Waals surface area contributed by atoms with E-state index in [0.29, 0.717) is 11.4 Å². The van der Waals surface area contributed by atoms with Crippen LogP contribution in [0.15, 0.2) is 95.2 Å². The summed E-state index contributed by atoms with van der Waals surface area (Å²) < 4.78 is 0. The van der Waals surface area contributed by atoms with E-state index in [4.69, 9.17) is 0 Å². The molecule has 2 aromatic heterocycles. The second-order valence-corrected chi connectivity index (χ2v) is 7.02. The summed E-state index contributed by atoms with van der Waals surface area (Å²) in [5.74, 6) is 0. The lowest BCUT2D eigenvalue weighted by Crippen LogP contribution is -1.95. The predicted octanol–water partition coefficient (Wildman–Crippen LogP) is 4.63. The first-order chi connectivity index (χ1) is 15.8. The molecular formula is C26H22N4O2.